The SMILES string of the molecule is O=C(N/N=C/C=C/c1ccco1)c1nn(-c2ccccc2)cc1O. The number of furan rings is 1. The van der Waals surface area contributed by atoms with Gasteiger partial charge in [0.2, 0.25) is 0 Å². The number of nitrogens with one attached hydrogen (secondary N) is 1. The van der Waals surface area contributed by atoms with Crippen LogP contribution in [0.15, 0.2) is 70.5 Å². The molecule has 1 amide bonds. The van der Waals surface area contributed by atoms with Crippen molar-refractivity contribution in [3.05, 3.63) is 72.5 Å². The summed E-state index contributed by atoms with van der Waals surface area (Å²) < 4.78 is 6.53. The molecule has 0 spiro atoms. The molecule has 7 heteroatoms. The summed E-state index contributed by atoms with van der Waals surface area (Å²) in [6, 6.07) is 12.7. The van der Waals surface area contributed by atoms with Crippen molar-refractivity contribution in [2.24, 2.45) is 5.10 Å². The molecule has 0 saturated heterocycles. The Bertz CT molecular complexity index is 865. The molecule has 1 aromatic carbocycles. The van der Waals surface area contributed by atoms with Crippen LogP contribution < -0.4 is 5.43 Å². The van der Waals surface area contributed by atoms with E-state index >= 15 is 0 Å². The predicted molar refractivity (Wildman–Crippen MR) is 88.9 cm³/mol. The number of carbonyl (C=O) groups excluding carboxylic acids is 1. The number of hydrogen-bond acceptors (Lipinski definition) is 5. The van der Waals surface area contributed by atoms with Crippen molar-refractivity contribution in [2.45, 2.75) is 0 Å². The molecule has 2 heterocycles. The van der Waals surface area contributed by atoms with E-state index in [4.69, 9.17) is 4.42 Å². The van der Waals surface area contributed by atoms with Crippen molar-refractivity contribution in [1.29, 1.82) is 0 Å². The van der Waals surface area contributed by atoms with E-state index in [1.807, 2.05) is 30.3 Å². The summed E-state index contributed by atoms with van der Waals surface area (Å²) in [7, 11) is 0. The molecule has 0 fully saturated rings. The van der Waals surface area contributed by atoms with Crippen molar-refractivity contribution in [3.8, 4) is 11.4 Å². The molecule has 0 saturated carbocycles. The fraction of sp³-hybridized carbons (Fsp3) is 0. The Morgan fingerprint density at radius 2 is 2.08 bits per heavy atom. The third-order valence-electron chi connectivity index (χ3n) is 3.06. The summed E-state index contributed by atoms with van der Waals surface area (Å²) in [4.78, 5) is 12.0. The van der Waals surface area contributed by atoms with Crippen LogP contribution in [0.1, 0.15) is 16.2 Å². The first-order valence-corrected chi connectivity index (χ1v) is 7.11. The molecule has 2 N–H and O–H groups in total. The Morgan fingerprint density at radius 3 is 2.83 bits per heavy atom. The lowest BCUT2D eigenvalue weighted by atomic mass is 10.3. The van der Waals surface area contributed by atoms with Crippen LogP contribution in [0, 0.1) is 0 Å². The van der Waals surface area contributed by atoms with E-state index in [-0.39, 0.29) is 11.4 Å². The summed E-state index contributed by atoms with van der Waals surface area (Å²) in [5.74, 6) is -0.158. The van der Waals surface area contributed by atoms with Gasteiger partial charge in [-0.05, 0) is 36.4 Å². The van der Waals surface area contributed by atoms with Crippen molar-refractivity contribution >= 4 is 18.2 Å². The Labute approximate surface area is 137 Å². The second kappa shape index (κ2) is 7.10. The van der Waals surface area contributed by atoms with E-state index in [1.165, 1.54) is 17.1 Å². The van der Waals surface area contributed by atoms with Crippen molar-refractivity contribution < 1.29 is 14.3 Å². The molecule has 0 atom stereocenters. The highest BCUT2D eigenvalue weighted by Crippen LogP contribution is 2.17. The highest BCUT2D eigenvalue weighted by molar-refractivity contribution is 5.95. The first-order chi connectivity index (χ1) is 11.7. The summed E-state index contributed by atoms with van der Waals surface area (Å²) in [5, 5.41) is 17.7. The minimum atomic E-state index is -0.607. The molecule has 7 nitrogen and oxygen atoms in total. The van der Waals surface area contributed by atoms with Gasteiger partial charge in [0.05, 0.1) is 18.1 Å². The topological polar surface area (TPSA) is 92.7 Å². The van der Waals surface area contributed by atoms with Crippen LogP contribution in [-0.2, 0) is 0 Å². The van der Waals surface area contributed by atoms with Crippen molar-refractivity contribution in [1.82, 2.24) is 15.2 Å². The third kappa shape index (κ3) is 3.58. The lowest BCUT2D eigenvalue weighted by Crippen LogP contribution is -2.18. The summed E-state index contributed by atoms with van der Waals surface area (Å²) >= 11 is 0. The Hall–Kier alpha value is -3.61. The van der Waals surface area contributed by atoms with Gasteiger partial charge in [-0.3, -0.25) is 4.79 Å². The van der Waals surface area contributed by atoms with Crippen LogP contribution in [-0.4, -0.2) is 27.0 Å². The smallest absolute Gasteiger partial charge is 0.295 e. The van der Waals surface area contributed by atoms with Crippen LogP contribution in [0.2, 0.25) is 0 Å². The molecule has 0 radical (unpaired) electrons. The molecule has 24 heavy (non-hydrogen) atoms. The standard InChI is InChI=1S/C17H14N4O3/c22-15-12-21(13-6-2-1-3-7-13)20-16(15)17(23)19-18-10-4-8-14-9-5-11-24-14/h1-12,22H,(H,19,23)/b8-4+,18-10+. The fourth-order valence-corrected chi connectivity index (χ4v) is 1.96. The van der Waals surface area contributed by atoms with Gasteiger partial charge < -0.3 is 9.52 Å². The fourth-order valence-electron chi connectivity index (χ4n) is 1.96. The highest BCUT2D eigenvalue weighted by atomic mass is 16.3. The molecule has 0 aliphatic rings. The maximum Gasteiger partial charge on any atom is 0.295 e. The Morgan fingerprint density at radius 1 is 1.25 bits per heavy atom. The van der Waals surface area contributed by atoms with Crippen LogP contribution in [0.5, 0.6) is 5.75 Å². The van der Waals surface area contributed by atoms with Gasteiger partial charge in [-0.25, -0.2) is 10.1 Å². The van der Waals surface area contributed by atoms with Crippen LogP contribution in [0.3, 0.4) is 0 Å². The predicted octanol–water partition coefficient (Wildman–Crippen LogP) is 2.60. The quantitative estimate of drug-likeness (QED) is 0.558. The first kappa shape index (κ1) is 15.3. The minimum Gasteiger partial charge on any atom is -0.504 e. The van der Waals surface area contributed by atoms with Crippen LogP contribution >= 0.6 is 0 Å². The summed E-state index contributed by atoms with van der Waals surface area (Å²) in [5.41, 5.74) is 2.93. The van der Waals surface area contributed by atoms with Crippen LogP contribution in [0.4, 0.5) is 0 Å². The van der Waals surface area contributed by atoms with E-state index in [9.17, 15) is 9.90 Å². The maximum absolute atomic E-state index is 12.0. The van der Waals surface area contributed by atoms with E-state index in [0.717, 1.165) is 5.69 Å². The van der Waals surface area contributed by atoms with E-state index in [1.54, 1.807) is 30.5 Å². The van der Waals surface area contributed by atoms with E-state index in [0.29, 0.717) is 5.76 Å². The number of allylic oxidation sites excluding steroid dienone is 1. The zero-order valence-electron chi connectivity index (χ0n) is 12.5. The van der Waals surface area contributed by atoms with Crippen LogP contribution in [0.25, 0.3) is 11.8 Å². The molecule has 0 bridgehead atoms. The van der Waals surface area contributed by atoms with Gasteiger partial charge in [-0.15, -0.1) is 0 Å². The summed E-state index contributed by atoms with van der Waals surface area (Å²) in [6.45, 7) is 0. The Balaban J connectivity index is 1.64. The zero-order chi connectivity index (χ0) is 16.8. The average molecular weight is 322 g/mol. The number of amides is 1. The largest absolute Gasteiger partial charge is 0.504 e. The average Bonchev–Trinajstić information content (AvgIpc) is 3.25. The number of para-hydroxylation sites is 1. The molecule has 120 valence electrons. The number of aromatic hydroxyl groups is 1. The molecule has 0 aliphatic heterocycles. The second-order valence-corrected chi connectivity index (χ2v) is 4.74. The Kier molecular flexibility index (Phi) is 4.52. The molecular weight excluding hydrogens is 308 g/mol. The number of benzene rings is 1. The van der Waals surface area contributed by atoms with Gasteiger partial charge in [-0.2, -0.15) is 10.2 Å². The highest BCUT2D eigenvalue weighted by Gasteiger charge is 2.16. The first-order valence-electron chi connectivity index (χ1n) is 7.11. The number of aromatic nitrogens is 2. The van der Waals surface area contributed by atoms with Gasteiger partial charge in [0, 0.05) is 6.21 Å². The zero-order valence-corrected chi connectivity index (χ0v) is 12.5. The van der Waals surface area contributed by atoms with Gasteiger partial charge in [0.25, 0.3) is 5.91 Å². The van der Waals surface area contributed by atoms with Crippen molar-refractivity contribution in [2.75, 3.05) is 0 Å². The molecule has 3 rings (SSSR count). The van der Waals surface area contributed by atoms with E-state index < -0.39 is 5.91 Å². The van der Waals surface area contributed by atoms with Gasteiger partial charge >= 0.3 is 0 Å². The van der Waals surface area contributed by atoms with Gasteiger partial charge in [0.1, 0.15) is 5.76 Å². The minimum absolute atomic E-state index is 0.106. The monoisotopic (exact) mass is 322 g/mol. The number of hydrazone groups is 1. The van der Waals surface area contributed by atoms with Crippen molar-refractivity contribution in [3.63, 3.8) is 0 Å². The molecule has 2 aromatic heterocycles. The third-order valence-corrected chi connectivity index (χ3v) is 3.06. The molecule has 0 aliphatic carbocycles. The van der Waals surface area contributed by atoms with Gasteiger partial charge in [-0.1, -0.05) is 18.2 Å². The lowest BCUT2D eigenvalue weighted by Gasteiger charge is -1.99. The summed E-state index contributed by atoms with van der Waals surface area (Å²) in [6.07, 6.45) is 7.62. The number of carbonyl (C=O) groups is 1. The maximum atomic E-state index is 12.0. The van der Waals surface area contributed by atoms with Gasteiger partial charge in [0.15, 0.2) is 11.4 Å². The lowest BCUT2D eigenvalue weighted by molar-refractivity contribution is 0.0947. The normalized spacial score (nSPS) is 11.3. The number of nitrogens with zero attached hydrogens (tertiary/aromatic N) is 3. The second-order valence-electron chi connectivity index (χ2n) is 4.74. The number of hydrogen-bond donors (Lipinski definition) is 2. The van der Waals surface area contributed by atoms with E-state index in [2.05, 4.69) is 15.6 Å². The number of rotatable bonds is 5. The molecule has 0 unspecified atom stereocenters. The molecule has 3 aromatic rings. The molecular formula is C17H14N4O3.